The third-order valence-electron chi connectivity index (χ3n) is 3.45. The first kappa shape index (κ1) is 17.6. The number of hydrogen-bond donors (Lipinski definition) is 2. The van der Waals surface area contributed by atoms with Crippen LogP contribution in [0.2, 0.25) is 0 Å². The van der Waals surface area contributed by atoms with Gasteiger partial charge in [-0.1, -0.05) is 13.8 Å². The molecule has 1 atom stereocenters. The number of hydrogen-bond acceptors (Lipinski definition) is 5. The number of carbonyl (C=O) groups is 1. The quantitative estimate of drug-likeness (QED) is 0.546. The number of nitrogens with zero attached hydrogens (tertiary/aromatic N) is 1. The van der Waals surface area contributed by atoms with E-state index >= 15 is 0 Å². The van der Waals surface area contributed by atoms with Crippen molar-refractivity contribution in [1.29, 1.82) is 0 Å². The Hall–Kier alpha value is -0.800. The molecule has 0 spiro atoms. The standard InChI is InChI=1S/C14H23N3O3S2/c1-11(2)5-6-15-7-13-3-4-14(21-13)9-17-8-12(10-18)16-22(17,19)20/h3-4,10-12,15-16H,5-9H2,1-2H3. The molecule has 0 aliphatic carbocycles. The first-order valence-electron chi connectivity index (χ1n) is 7.41. The van der Waals surface area contributed by atoms with Crippen molar-refractivity contribution in [2.45, 2.75) is 39.4 Å². The highest BCUT2D eigenvalue weighted by Gasteiger charge is 2.35. The van der Waals surface area contributed by atoms with Crippen LogP contribution in [0.4, 0.5) is 0 Å². The molecule has 2 N–H and O–H groups in total. The van der Waals surface area contributed by atoms with Crippen molar-refractivity contribution in [2.24, 2.45) is 5.92 Å². The molecule has 8 heteroatoms. The highest BCUT2D eigenvalue weighted by Crippen LogP contribution is 2.21. The predicted octanol–water partition coefficient (Wildman–Crippen LogP) is 1.10. The molecule has 0 radical (unpaired) electrons. The summed E-state index contributed by atoms with van der Waals surface area (Å²) < 4.78 is 27.4. The monoisotopic (exact) mass is 345 g/mol. The van der Waals surface area contributed by atoms with Gasteiger partial charge in [0.25, 0.3) is 10.2 Å². The minimum Gasteiger partial charge on any atom is -0.312 e. The average Bonchev–Trinajstić information content (AvgIpc) is 3.00. The van der Waals surface area contributed by atoms with Gasteiger partial charge in [0.15, 0.2) is 0 Å². The van der Waals surface area contributed by atoms with E-state index in [0.717, 1.165) is 24.4 Å². The number of rotatable bonds is 8. The number of aldehydes is 1. The van der Waals surface area contributed by atoms with E-state index in [2.05, 4.69) is 23.9 Å². The summed E-state index contributed by atoms with van der Waals surface area (Å²) in [5.41, 5.74) is 0. The van der Waals surface area contributed by atoms with E-state index in [0.29, 0.717) is 18.7 Å². The normalized spacial score (nSPS) is 21.5. The lowest BCUT2D eigenvalue weighted by Gasteiger charge is -2.11. The molecule has 1 aromatic heterocycles. The van der Waals surface area contributed by atoms with E-state index in [1.807, 2.05) is 12.1 Å². The molecular formula is C14H23N3O3S2. The molecule has 1 aliphatic rings. The maximum atomic E-state index is 11.9. The van der Waals surface area contributed by atoms with E-state index in [-0.39, 0.29) is 6.54 Å². The first-order chi connectivity index (χ1) is 10.4. The molecule has 1 aromatic rings. The maximum absolute atomic E-state index is 11.9. The lowest BCUT2D eigenvalue weighted by molar-refractivity contribution is -0.109. The van der Waals surface area contributed by atoms with Crippen LogP contribution < -0.4 is 10.0 Å². The van der Waals surface area contributed by atoms with Crippen LogP contribution in [0, 0.1) is 5.92 Å². The van der Waals surface area contributed by atoms with Crippen molar-refractivity contribution >= 4 is 27.8 Å². The number of carbonyl (C=O) groups excluding carboxylic acids is 1. The molecule has 6 nitrogen and oxygen atoms in total. The summed E-state index contributed by atoms with van der Waals surface area (Å²) in [6.45, 7) is 6.70. The lowest BCUT2D eigenvalue weighted by Crippen LogP contribution is -2.30. The van der Waals surface area contributed by atoms with E-state index in [1.54, 1.807) is 11.3 Å². The van der Waals surface area contributed by atoms with Crippen molar-refractivity contribution in [3.8, 4) is 0 Å². The fraction of sp³-hybridized carbons (Fsp3) is 0.643. The van der Waals surface area contributed by atoms with E-state index < -0.39 is 16.3 Å². The van der Waals surface area contributed by atoms with E-state index in [1.165, 1.54) is 9.18 Å². The summed E-state index contributed by atoms with van der Waals surface area (Å²) in [6, 6.07) is 3.34. The molecule has 124 valence electrons. The number of nitrogens with one attached hydrogen (secondary N) is 2. The minimum atomic E-state index is -3.52. The molecular weight excluding hydrogens is 322 g/mol. The minimum absolute atomic E-state index is 0.200. The Morgan fingerprint density at radius 1 is 1.45 bits per heavy atom. The second-order valence-electron chi connectivity index (χ2n) is 5.89. The molecule has 0 saturated carbocycles. The van der Waals surface area contributed by atoms with Gasteiger partial charge in [-0.15, -0.1) is 11.3 Å². The predicted molar refractivity (Wildman–Crippen MR) is 87.8 cm³/mol. The molecule has 1 saturated heterocycles. The first-order valence-corrected chi connectivity index (χ1v) is 9.67. The molecule has 2 heterocycles. The van der Waals surface area contributed by atoms with Gasteiger partial charge in [-0.25, -0.2) is 0 Å². The van der Waals surface area contributed by atoms with Crippen molar-refractivity contribution in [3.05, 3.63) is 21.9 Å². The van der Waals surface area contributed by atoms with E-state index in [4.69, 9.17) is 0 Å². The van der Waals surface area contributed by atoms with Gasteiger partial charge in [0.2, 0.25) is 0 Å². The van der Waals surface area contributed by atoms with Crippen molar-refractivity contribution in [2.75, 3.05) is 13.1 Å². The maximum Gasteiger partial charge on any atom is 0.280 e. The van der Waals surface area contributed by atoms with Gasteiger partial charge >= 0.3 is 0 Å². The van der Waals surface area contributed by atoms with Gasteiger partial charge in [-0.05, 0) is 31.0 Å². The third-order valence-corrected chi connectivity index (χ3v) is 6.08. The second kappa shape index (κ2) is 7.65. The summed E-state index contributed by atoms with van der Waals surface area (Å²) in [4.78, 5) is 12.9. The fourth-order valence-electron chi connectivity index (χ4n) is 2.22. The largest absolute Gasteiger partial charge is 0.312 e. The summed E-state index contributed by atoms with van der Waals surface area (Å²) in [5.74, 6) is 0.685. The Morgan fingerprint density at radius 3 is 2.82 bits per heavy atom. The van der Waals surface area contributed by atoms with Crippen LogP contribution >= 0.6 is 11.3 Å². The Kier molecular flexibility index (Phi) is 6.10. The number of thiophene rings is 1. The zero-order valence-electron chi connectivity index (χ0n) is 12.9. The summed E-state index contributed by atoms with van der Waals surface area (Å²) >= 11 is 1.60. The molecule has 22 heavy (non-hydrogen) atoms. The Balaban J connectivity index is 1.85. The highest BCUT2D eigenvalue weighted by molar-refractivity contribution is 7.87. The zero-order valence-corrected chi connectivity index (χ0v) is 14.5. The topological polar surface area (TPSA) is 78.5 Å². The van der Waals surface area contributed by atoms with Gasteiger partial charge in [0, 0.05) is 29.4 Å². The highest BCUT2D eigenvalue weighted by atomic mass is 32.2. The van der Waals surface area contributed by atoms with Gasteiger partial charge in [0.1, 0.15) is 6.29 Å². The SMILES string of the molecule is CC(C)CCNCc1ccc(CN2CC(C=O)NS2(=O)=O)s1. The third kappa shape index (κ3) is 4.85. The molecule has 2 rings (SSSR count). The smallest absolute Gasteiger partial charge is 0.280 e. The van der Waals surface area contributed by atoms with Crippen molar-refractivity contribution in [1.82, 2.24) is 14.3 Å². The molecule has 0 bridgehead atoms. The molecule has 1 aliphatic heterocycles. The van der Waals surface area contributed by atoms with Gasteiger partial charge in [0.05, 0.1) is 6.04 Å². The van der Waals surface area contributed by atoms with Crippen LogP contribution in [-0.2, 0) is 28.1 Å². The molecule has 1 fully saturated rings. The van der Waals surface area contributed by atoms with Crippen molar-refractivity contribution < 1.29 is 13.2 Å². The molecule has 1 unspecified atom stereocenters. The summed E-state index contributed by atoms with van der Waals surface area (Å²) in [6.07, 6.45) is 1.78. The van der Waals surface area contributed by atoms with Gasteiger partial charge in [-0.2, -0.15) is 17.4 Å². The lowest BCUT2D eigenvalue weighted by atomic mass is 10.1. The summed E-state index contributed by atoms with van der Waals surface area (Å²) in [7, 11) is -3.52. The van der Waals surface area contributed by atoms with Gasteiger partial charge < -0.3 is 10.1 Å². The van der Waals surface area contributed by atoms with Crippen LogP contribution in [0.5, 0.6) is 0 Å². The average molecular weight is 345 g/mol. The van der Waals surface area contributed by atoms with Crippen LogP contribution in [0.15, 0.2) is 12.1 Å². The Bertz CT molecular complexity index is 598. The van der Waals surface area contributed by atoms with Crippen LogP contribution in [0.1, 0.15) is 30.0 Å². The fourth-order valence-corrected chi connectivity index (χ4v) is 4.63. The molecule has 0 amide bonds. The van der Waals surface area contributed by atoms with Crippen LogP contribution in [-0.4, -0.2) is 38.1 Å². The van der Waals surface area contributed by atoms with Crippen LogP contribution in [0.3, 0.4) is 0 Å². The molecule has 0 aromatic carbocycles. The summed E-state index contributed by atoms with van der Waals surface area (Å²) in [5, 5.41) is 3.39. The second-order valence-corrected chi connectivity index (χ2v) is 8.84. The van der Waals surface area contributed by atoms with Crippen molar-refractivity contribution in [3.63, 3.8) is 0 Å². The Labute approximate surface area is 136 Å². The van der Waals surface area contributed by atoms with Crippen LogP contribution in [0.25, 0.3) is 0 Å². The Morgan fingerprint density at radius 2 is 2.18 bits per heavy atom. The van der Waals surface area contributed by atoms with E-state index in [9.17, 15) is 13.2 Å². The van der Waals surface area contributed by atoms with Gasteiger partial charge in [-0.3, -0.25) is 0 Å². The zero-order chi connectivity index (χ0) is 16.2.